The van der Waals surface area contributed by atoms with Crippen LogP contribution in [-0.2, 0) is 0 Å². The minimum Gasteiger partial charge on any atom is -0.497 e. The molecule has 0 spiro atoms. The van der Waals surface area contributed by atoms with Gasteiger partial charge in [-0.25, -0.2) is 0 Å². The average molecular weight is 272 g/mol. The fraction of sp³-hybridized carbons (Fsp3) is 0.500. The molecule has 1 heterocycles. The molecule has 20 heavy (non-hydrogen) atoms. The van der Waals surface area contributed by atoms with Gasteiger partial charge in [-0.1, -0.05) is 26.2 Å². The SMILES string of the molecule is CCCCCCN1C(=O)c2ccc(OC)cc2C1C#N. The second kappa shape index (κ2) is 6.42. The number of rotatable bonds is 6. The number of fused-ring (bicyclic) bond motifs is 1. The summed E-state index contributed by atoms with van der Waals surface area (Å²) >= 11 is 0. The predicted octanol–water partition coefficient (Wildman–Crippen LogP) is 3.30. The maximum Gasteiger partial charge on any atom is 0.255 e. The van der Waals surface area contributed by atoms with E-state index in [9.17, 15) is 10.1 Å². The van der Waals surface area contributed by atoms with Crippen LogP contribution in [0.2, 0.25) is 0 Å². The summed E-state index contributed by atoms with van der Waals surface area (Å²) in [5.74, 6) is 0.648. The molecule has 1 unspecified atom stereocenters. The first-order valence-electron chi connectivity index (χ1n) is 7.11. The highest BCUT2D eigenvalue weighted by Crippen LogP contribution is 2.35. The molecule has 0 aromatic heterocycles. The van der Waals surface area contributed by atoms with E-state index >= 15 is 0 Å². The van der Waals surface area contributed by atoms with E-state index in [0.717, 1.165) is 24.8 Å². The number of carbonyl (C=O) groups is 1. The van der Waals surface area contributed by atoms with Crippen molar-refractivity contribution in [3.05, 3.63) is 29.3 Å². The quantitative estimate of drug-likeness (QED) is 0.747. The van der Waals surface area contributed by atoms with Crippen LogP contribution in [0.1, 0.15) is 54.6 Å². The van der Waals surface area contributed by atoms with Crippen LogP contribution < -0.4 is 4.74 Å². The van der Waals surface area contributed by atoms with Gasteiger partial charge in [-0.3, -0.25) is 4.79 Å². The number of carbonyl (C=O) groups excluding carboxylic acids is 1. The van der Waals surface area contributed by atoms with Crippen LogP contribution in [0.15, 0.2) is 18.2 Å². The summed E-state index contributed by atoms with van der Waals surface area (Å²) in [6, 6.07) is 7.09. The first kappa shape index (κ1) is 14.4. The second-order valence-electron chi connectivity index (χ2n) is 5.04. The van der Waals surface area contributed by atoms with Crippen molar-refractivity contribution in [3.8, 4) is 11.8 Å². The lowest BCUT2D eigenvalue weighted by atomic mass is 10.1. The van der Waals surface area contributed by atoms with Crippen LogP contribution in [0.3, 0.4) is 0 Å². The lowest BCUT2D eigenvalue weighted by Crippen LogP contribution is -2.28. The molecular weight excluding hydrogens is 252 g/mol. The molecule has 1 aliphatic rings. The number of nitrogens with zero attached hydrogens (tertiary/aromatic N) is 2. The van der Waals surface area contributed by atoms with Gasteiger partial charge in [0, 0.05) is 17.7 Å². The minimum absolute atomic E-state index is 0.0364. The third-order valence-corrected chi connectivity index (χ3v) is 3.73. The summed E-state index contributed by atoms with van der Waals surface area (Å²) in [5.41, 5.74) is 1.40. The van der Waals surface area contributed by atoms with Crippen LogP contribution in [0.5, 0.6) is 5.75 Å². The standard InChI is InChI=1S/C16H20N2O2/c1-3-4-5-6-9-18-15(11-17)14-10-12(20-2)7-8-13(14)16(18)19/h7-8,10,15H,3-6,9H2,1-2H3. The van der Waals surface area contributed by atoms with Crippen LogP contribution in [0.25, 0.3) is 0 Å². The molecule has 0 bridgehead atoms. The Morgan fingerprint density at radius 3 is 2.80 bits per heavy atom. The Morgan fingerprint density at radius 1 is 1.35 bits per heavy atom. The highest BCUT2D eigenvalue weighted by atomic mass is 16.5. The smallest absolute Gasteiger partial charge is 0.255 e. The number of hydrogen-bond donors (Lipinski definition) is 0. The normalized spacial score (nSPS) is 16.9. The number of nitriles is 1. The molecule has 1 amide bonds. The van der Waals surface area contributed by atoms with Gasteiger partial charge in [0.1, 0.15) is 11.8 Å². The Balaban J connectivity index is 2.17. The van der Waals surface area contributed by atoms with Gasteiger partial charge in [-0.15, -0.1) is 0 Å². The van der Waals surface area contributed by atoms with Crippen LogP contribution >= 0.6 is 0 Å². The van der Waals surface area contributed by atoms with E-state index in [1.807, 2.05) is 0 Å². The maximum atomic E-state index is 12.4. The average Bonchev–Trinajstić information content (AvgIpc) is 2.75. The second-order valence-corrected chi connectivity index (χ2v) is 5.04. The molecule has 4 nitrogen and oxygen atoms in total. The molecule has 2 rings (SSSR count). The van der Waals surface area contributed by atoms with Gasteiger partial charge in [0.25, 0.3) is 5.91 Å². The van der Waals surface area contributed by atoms with Crippen molar-refractivity contribution < 1.29 is 9.53 Å². The first-order valence-corrected chi connectivity index (χ1v) is 7.11. The molecule has 1 atom stereocenters. The molecular formula is C16H20N2O2. The highest BCUT2D eigenvalue weighted by molar-refractivity contribution is 5.99. The molecule has 1 aliphatic heterocycles. The number of unbranched alkanes of at least 4 members (excludes halogenated alkanes) is 3. The summed E-state index contributed by atoms with van der Waals surface area (Å²) in [5, 5.41) is 9.38. The summed E-state index contributed by atoms with van der Waals surface area (Å²) in [4.78, 5) is 14.0. The van der Waals surface area contributed by atoms with Crippen molar-refractivity contribution in [2.45, 2.75) is 38.6 Å². The number of hydrogen-bond acceptors (Lipinski definition) is 3. The molecule has 0 fully saturated rings. The zero-order chi connectivity index (χ0) is 14.5. The van der Waals surface area contributed by atoms with Crippen molar-refractivity contribution in [2.24, 2.45) is 0 Å². The number of ether oxygens (including phenoxy) is 1. The van der Waals surface area contributed by atoms with Crippen LogP contribution in [0, 0.1) is 11.3 Å². The highest BCUT2D eigenvalue weighted by Gasteiger charge is 2.36. The Labute approximate surface area is 120 Å². The van der Waals surface area contributed by atoms with Gasteiger partial charge in [0.15, 0.2) is 0 Å². The summed E-state index contributed by atoms with van der Waals surface area (Å²) in [7, 11) is 1.59. The van der Waals surface area contributed by atoms with E-state index in [2.05, 4.69) is 13.0 Å². The molecule has 0 saturated carbocycles. The Hall–Kier alpha value is -2.02. The van der Waals surface area contributed by atoms with Gasteiger partial charge in [-0.2, -0.15) is 5.26 Å². The molecule has 0 radical (unpaired) electrons. The molecule has 1 aromatic carbocycles. The van der Waals surface area contributed by atoms with E-state index in [-0.39, 0.29) is 5.91 Å². The summed E-state index contributed by atoms with van der Waals surface area (Å²) in [6.45, 7) is 2.80. The third-order valence-electron chi connectivity index (χ3n) is 3.73. The topological polar surface area (TPSA) is 53.3 Å². The van der Waals surface area contributed by atoms with Crippen molar-refractivity contribution >= 4 is 5.91 Å². The van der Waals surface area contributed by atoms with E-state index in [1.165, 1.54) is 6.42 Å². The van der Waals surface area contributed by atoms with Crippen LogP contribution in [-0.4, -0.2) is 24.5 Å². The summed E-state index contributed by atoms with van der Waals surface area (Å²) < 4.78 is 5.18. The predicted molar refractivity (Wildman–Crippen MR) is 76.5 cm³/mol. The van der Waals surface area contributed by atoms with Gasteiger partial charge >= 0.3 is 0 Å². The van der Waals surface area contributed by atoms with Crippen molar-refractivity contribution in [2.75, 3.05) is 13.7 Å². The van der Waals surface area contributed by atoms with Gasteiger partial charge in [0.2, 0.25) is 0 Å². The summed E-state index contributed by atoms with van der Waals surface area (Å²) in [6.07, 6.45) is 4.37. The number of benzene rings is 1. The van der Waals surface area contributed by atoms with Gasteiger partial charge in [-0.05, 0) is 24.6 Å². The van der Waals surface area contributed by atoms with Gasteiger partial charge in [0.05, 0.1) is 13.2 Å². The zero-order valence-corrected chi connectivity index (χ0v) is 12.1. The minimum atomic E-state index is -0.478. The van der Waals surface area contributed by atoms with E-state index < -0.39 is 6.04 Å². The molecule has 106 valence electrons. The first-order chi connectivity index (χ1) is 9.72. The fourth-order valence-electron chi connectivity index (χ4n) is 2.61. The zero-order valence-electron chi connectivity index (χ0n) is 12.1. The number of methoxy groups -OCH3 is 1. The lowest BCUT2D eigenvalue weighted by Gasteiger charge is -2.19. The molecule has 0 saturated heterocycles. The monoisotopic (exact) mass is 272 g/mol. The van der Waals surface area contributed by atoms with E-state index in [0.29, 0.717) is 17.9 Å². The Morgan fingerprint density at radius 2 is 2.15 bits per heavy atom. The van der Waals surface area contributed by atoms with Crippen LogP contribution in [0.4, 0.5) is 0 Å². The third kappa shape index (κ3) is 2.62. The van der Waals surface area contributed by atoms with Gasteiger partial charge < -0.3 is 9.64 Å². The molecule has 0 N–H and O–H groups in total. The molecule has 1 aromatic rings. The molecule has 4 heteroatoms. The Kier molecular flexibility index (Phi) is 4.62. The van der Waals surface area contributed by atoms with Crippen molar-refractivity contribution in [1.29, 1.82) is 5.26 Å². The lowest BCUT2D eigenvalue weighted by molar-refractivity contribution is 0.0754. The largest absolute Gasteiger partial charge is 0.497 e. The maximum absolute atomic E-state index is 12.4. The fourth-order valence-corrected chi connectivity index (χ4v) is 2.61. The molecule has 0 aliphatic carbocycles. The van der Waals surface area contributed by atoms with E-state index in [4.69, 9.17) is 4.74 Å². The van der Waals surface area contributed by atoms with Crippen molar-refractivity contribution in [1.82, 2.24) is 4.90 Å². The number of amides is 1. The Bertz CT molecular complexity index is 534. The van der Waals surface area contributed by atoms with Crippen molar-refractivity contribution in [3.63, 3.8) is 0 Å². The van der Waals surface area contributed by atoms with E-state index in [1.54, 1.807) is 30.2 Å².